The number of aromatic nitrogens is 2. The lowest BCUT2D eigenvalue weighted by Crippen LogP contribution is -2.16. The Morgan fingerprint density at radius 3 is 2.44 bits per heavy atom. The highest BCUT2D eigenvalue weighted by molar-refractivity contribution is 6.34. The zero-order valence-corrected chi connectivity index (χ0v) is 14.7. The van der Waals surface area contributed by atoms with Crippen molar-refractivity contribution in [2.75, 3.05) is 5.32 Å². The molecule has 0 aliphatic heterocycles. The van der Waals surface area contributed by atoms with Crippen molar-refractivity contribution in [1.29, 1.82) is 0 Å². The van der Waals surface area contributed by atoms with Gasteiger partial charge in [-0.05, 0) is 18.2 Å². The molecule has 1 aromatic heterocycles. The van der Waals surface area contributed by atoms with Crippen molar-refractivity contribution >= 4 is 40.6 Å². The molecule has 3 aromatic rings. The van der Waals surface area contributed by atoms with E-state index in [0.29, 0.717) is 21.8 Å². The van der Waals surface area contributed by atoms with Gasteiger partial charge in [-0.15, -0.1) is 0 Å². The van der Waals surface area contributed by atoms with E-state index in [9.17, 15) is 9.59 Å². The lowest BCUT2D eigenvalue weighted by atomic mass is 10.0. The van der Waals surface area contributed by atoms with Gasteiger partial charge in [0.15, 0.2) is 11.5 Å². The topological polar surface area (TPSA) is 64.0 Å². The van der Waals surface area contributed by atoms with Gasteiger partial charge in [-0.1, -0.05) is 53.5 Å². The molecule has 0 atom stereocenters. The molecule has 1 N–H and O–H groups in total. The fourth-order valence-electron chi connectivity index (χ4n) is 2.35. The average Bonchev–Trinajstić information content (AvgIpc) is 2.95. The van der Waals surface area contributed by atoms with Gasteiger partial charge in [-0.3, -0.25) is 14.3 Å². The van der Waals surface area contributed by atoms with Crippen LogP contribution in [0.3, 0.4) is 0 Å². The van der Waals surface area contributed by atoms with Crippen LogP contribution in [-0.4, -0.2) is 21.5 Å². The standard InChI is InChI=1S/C18H13Cl2N3O2/c1-23-10-14(20)16(22-23)18(25)21-15-8-7-12(19)9-13(15)17(24)11-5-3-2-4-6-11/h2-10H,1H3,(H,21,25). The molecule has 1 heterocycles. The molecule has 126 valence electrons. The van der Waals surface area contributed by atoms with E-state index in [0.717, 1.165) is 0 Å². The largest absolute Gasteiger partial charge is 0.320 e. The monoisotopic (exact) mass is 373 g/mol. The Bertz CT molecular complexity index is 952. The Morgan fingerprint density at radius 2 is 1.80 bits per heavy atom. The summed E-state index contributed by atoms with van der Waals surface area (Å²) < 4.78 is 1.44. The van der Waals surface area contributed by atoms with Gasteiger partial charge in [0.1, 0.15) is 0 Å². The number of carbonyl (C=O) groups excluding carboxylic acids is 2. The van der Waals surface area contributed by atoms with Crippen molar-refractivity contribution in [3.05, 3.63) is 81.6 Å². The molecule has 25 heavy (non-hydrogen) atoms. The second kappa shape index (κ2) is 7.09. The number of rotatable bonds is 4. The zero-order chi connectivity index (χ0) is 18.0. The fraction of sp³-hybridized carbons (Fsp3) is 0.0556. The first kappa shape index (κ1) is 17.2. The molecule has 0 saturated heterocycles. The number of nitrogens with zero attached hydrogens (tertiary/aromatic N) is 2. The Hall–Kier alpha value is -2.63. The Kier molecular flexibility index (Phi) is 4.88. The highest BCUT2D eigenvalue weighted by atomic mass is 35.5. The number of halogens is 2. The molecule has 0 aliphatic carbocycles. The van der Waals surface area contributed by atoms with Gasteiger partial charge in [0.25, 0.3) is 5.91 Å². The van der Waals surface area contributed by atoms with Gasteiger partial charge in [0.05, 0.1) is 10.7 Å². The predicted molar refractivity (Wildman–Crippen MR) is 97.5 cm³/mol. The summed E-state index contributed by atoms with van der Waals surface area (Å²) >= 11 is 12.0. The summed E-state index contributed by atoms with van der Waals surface area (Å²) in [6.07, 6.45) is 1.52. The quantitative estimate of drug-likeness (QED) is 0.696. The zero-order valence-electron chi connectivity index (χ0n) is 13.2. The maximum absolute atomic E-state index is 12.8. The molecule has 5 nitrogen and oxygen atoms in total. The van der Waals surface area contributed by atoms with E-state index in [1.807, 2.05) is 6.07 Å². The Morgan fingerprint density at radius 1 is 1.08 bits per heavy atom. The first-order chi connectivity index (χ1) is 12.0. The number of benzene rings is 2. The third kappa shape index (κ3) is 3.73. The molecule has 0 fully saturated rings. The minimum atomic E-state index is -0.505. The number of anilines is 1. The summed E-state index contributed by atoms with van der Waals surface area (Å²) in [4.78, 5) is 25.2. The van der Waals surface area contributed by atoms with Crippen LogP contribution in [0.1, 0.15) is 26.4 Å². The minimum Gasteiger partial charge on any atom is -0.320 e. The average molecular weight is 374 g/mol. The van der Waals surface area contributed by atoms with Gasteiger partial charge in [0.2, 0.25) is 0 Å². The number of hydrogen-bond donors (Lipinski definition) is 1. The first-order valence-electron chi connectivity index (χ1n) is 7.35. The van der Waals surface area contributed by atoms with Gasteiger partial charge in [0, 0.05) is 29.4 Å². The van der Waals surface area contributed by atoms with Gasteiger partial charge in [-0.25, -0.2) is 0 Å². The van der Waals surface area contributed by atoms with E-state index in [2.05, 4.69) is 10.4 Å². The van der Waals surface area contributed by atoms with Crippen LogP contribution in [0.4, 0.5) is 5.69 Å². The number of aryl methyl sites for hydroxylation is 1. The summed E-state index contributed by atoms with van der Waals surface area (Å²) in [5, 5.41) is 7.32. The predicted octanol–water partition coefficient (Wildman–Crippen LogP) is 4.21. The van der Waals surface area contributed by atoms with Crippen LogP contribution < -0.4 is 5.32 Å². The summed E-state index contributed by atoms with van der Waals surface area (Å²) in [7, 11) is 1.66. The number of nitrogens with one attached hydrogen (secondary N) is 1. The summed E-state index contributed by atoms with van der Waals surface area (Å²) in [6.45, 7) is 0. The lowest BCUT2D eigenvalue weighted by molar-refractivity contribution is 0.102. The maximum atomic E-state index is 12.8. The highest BCUT2D eigenvalue weighted by Gasteiger charge is 2.19. The van der Waals surface area contributed by atoms with Crippen LogP contribution in [0.25, 0.3) is 0 Å². The SMILES string of the molecule is Cn1cc(Cl)c(C(=O)Nc2ccc(Cl)cc2C(=O)c2ccccc2)n1. The highest BCUT2D eigenvalue weighted by Crippen LogP contribution is 2.25. The molecule has 1 amide bonds. The first-order valence-corrected chi connectivity index (χ1v) is 8.11. The van der Waals surface area contributed by atoms with Crippen molar-refractivity contribution < 1.29 is 9.59 Å². The molecule has 2 aromatic carbocycles. The van der Waals surface area contributed by atoms with Crippen LogP contribution in [0.2, 0.25) is 10.0 Å². The van der Waals surface area contributed by atoms with Crippen molar-refractivity contribution in [1.82, 2.24) is 9.78 Å². The molecule has 3 rings (SSSR count). The van der Waals surface area contributed by atoms with Crippen LogP contribution in [0.5, 0.6) is 0 Å². The third-order valence-corrected chi connectivity index (χ3v) is 4.02. The minimum absolute atomic E-state index is 0.0808. The van der Waals surface area contributed by atoms with E-state index in [-0.39, 0.29) is 16.5 Å². The molecule has 0 spiro atoms. The second-order valence-corrected chi connectivity index (χ2v) is 6.18. The molecule has 0 unspecified atom stereocenters. The van der Waals surface area contributed by atoms with Gasteiger partial charge in [-0.2, -0.15) is 5.10 Å². The molecular formula is C18H13Cl2N3O2. The van der Waals surface area contributed by atoms with Crippen LogP contribution in [0, 0.1) is 0 Å². The fourth-order valence-corrected chi connectivity index (χ4v) is 2.79. The van der Waals surface area contributed by atoms with E-state index in [1.54, 1.807) is 43.4 Å². The van der Waals surface area contributed by atoms with E-state index in [4.69, 9.17) is 23.2 Å². The van der Waals surface area contributed by atoms with Crippen LogP contribution in [0.15, 0.2) is 54.7 Å². The summed E-state index contributed by atoms with van der Waals surface area (Å²) in [6, 6.07) is 13.4. The van der Waals surface area contributed by atoms with Crippen LogP contribution in [-0.2, 0) is 7.05 Å². The van der Waals surface area contributed by atoms with Gasteiger partial charge >= 0.3 is 0 Å². The normalized spacial score (nSPS) is 10.5. The summed E-state index contributed by atoms with van der Waals surface area (Å²) in [5.74, 6) is -0.749. The summed E-state index contributed by atoms with van der Waals surface area (Å²) in [5.41, 5.74) is 1.21. The molecule has 0 radical (unpaired) electrons. The third-order valence-electron chi connectivity index (χ3n) is 3.51. The lowest BCUT2D eigenvalue weighted by Gasteiger charge is -2.10. The molecule has 7 heteroatoms. The molecule has 0 saturated carbocycles. The number of hydrogen-bond acceptors (Lipinski definition) is 3. The number of carbonyl (C=O) groups is 2. The van der Waals surface area contributed by atoms with Crippen molar-refractivity contribution in [3.63, 3.8) is 0 Å². The number of ketones is 1. The molecule has 0 aliphatic rings. The molecule has 0 bridgehead atoms. The van der Waals surface area contributed by atoms with Crippen molar-refractivity contribution in [2.45, 2.75) is 0 Å². The maximum Gasteiger partial charge on any atom is 0.277 e. The second-order valence-electron chi connectivity index (χ2n) is 5.34. The van der Waals surface area contributed by atoms with Crippen molar-refractivity contribution in [2.24, 2.45) is 7.05 Å². The van der Waals surface area contributed by atoms with Crippen LogP contribution >= 0.6 is 23.2 Å². The van der Waals surface area contributed by atoms with E-state index >= 15 is 0 Å². The smallest absolute Gasteiger partial charge is 0.277 e. The Balaban J connectivity index is 1.96. The molecular weight excluding hydrogens is 361 g/mol. The Labute approximate surface area is 154 Å². The van der Waals surface area contributed by atoms with Gasteiger partial charge < -0.3 is 5.32 Å². The van der Waals surface area contributed by atoms with E-state index in [1.165, 1.54) is 16.9 Å². The van der Waals surface area contributed by atoms with Crippen molar-refractivity contribution in [3.8, 4) is 0 Å². The number of amides is 1. The van der Waals surface area contributed by atoms with E-state index < -0.39 is 5.91 Å².